The normalized spacial score (nSPS) is 15.2. The molecule has 0 aromatic carbocycles. The van der Waals surface area contributed by atoms with Crippen LogP contribution < -0.4 is 16.2 Å². The average Bonchev–Trinajstić information content (AvgIpc) is 3.00. The lowest BCUT2D eigenvalue weighted by Gasteiger charge is -2.18. The Morgan fingerprint density at radius 2 is 2.13 bits per heavy atom. The fourth-order valence-corrected chi connectivity index (χ4v) is 1.44. The molecule has 0 bridgehead atoms. The SMILES string of the molecule is CN(c1nc(NN)c(F)cc1F)C1CC1. The molecule has 1 aliphatic carbocycles. The molecule has 0 spiro atoms. The van der Waals surface area contributed by atoms with E-state index in [1.165, 1.54) is 0 Å². The second-order valence-electron chi connectivity index (χ2n) is 3.61. The number of hydrogen-bond donors (Lipinski definition) is 2. The molecular weight excluding hydrogens is 202 g/mol. The lowest BCUT2D eigenvalue weighted by atomic mass is 10.3. The van der Waals surface area contributed by atoms with E-state index >= 15 is 0 Å². The van der Waals surface area contributed by atoms with Gasteiger partial charge in [-0.2, -0.15) is 0 Å². The van der Waals surface area contributed by atoms with Gasteiger partial charge >= 0.3 is 0 Å². The summed E-state index contributed by atoms with van der Waals surface area (Å²) in [5.41, 5.74) is 2.10. The third-order valence-corrected chi connectivity index (χ3v) is 2.48. The minimum Gasteiger partial charge on any atom is -0.354 e. The Morgan fingerprint density at radius 3 is 2.67 bits per heavy atom. The first-order valence-electron chi connectivity index (χ1n) is 4.69. The number of nitrogens with zero attached hydrogens (tertiary/aromatic N) is 2. The number of hydrazine groups is 1. The summed E-state index contributed by atoms with van der Waals surface area (Å²) in [6, 6.07) is 1.10. The van der Waals surface area contributed by atoms with Crippen molar-refractivity contribution in [1.82, 2.24) is 4.98 Å². The van der Waals surface area contributed by atoms with E-state index in [0.29, 0.717) is 6.04 Å². The summed E-state index contributed by atoms with van der Waals surface area (Å²) in [4.78, 5) is 5.50. The zero-order valence-corrected chi connectivity index (χ0v) is 8.30. The van der Waals surface area contributed by atoms with E-state index in [9.17, 15) is 8.78 Å². The molecule has 0 atom stereocenters. The summed E-state index contributed by atoms with van der Waals surface area (Å²) < 4.78 is 26.4. The number of aromatic nitrogens is 1. The van der Waals surface area contributed by atoms with Crippen LogP contribution in [0.15, 0.2) is 6.07 Å². The Kier molecular flexibility index (Phi) is 2.44. The maximum atomic E-state index is 13.4. The zero-order valence-electron chi connectivity index (χ0n) is 8.30. The maximum absolute atomic E-state index is 13.4. The van der Waals surface area contributed by atoms with Crippen LogP contribution in [0.25, 0.3) is 0 Å². The van der Waals surface area contributed by atoms with Gasteiger partial charge in [0.05, 0.1) is 0 Å². The molecule has 1 aromatic heterocycles. The first-order valence-corrected chi connectivity index (χ1v) is 4.69. The minimum absolute atomic E-state index is 0.131. The van der Waals surface area contributed by atoms with E-state index in [2.05, 4.69) is 10.4 Å². The van der Waals surface area contributed by atoms with Crippen molar-refractivity contribution in [3.8, 4) is 0 Å². The molecule has 0 amide bonds. The van der Waals surface area contributed by atoms with E-state index < -0.39 is 11.6 Å². The van der Waals surface area contributed by atoms with Crippen LogP contribution in [0.3, 0.4) is 0 Å². The predicted molar refractivity (Wildman–Crippen MR) is 53.4 cm³/mol. The van der Waals surface area contributed by atoms with Crippen LogP contribution in [0, 0.1) is 11.6 Å². The third kappa shape index (κ3) is 1.85. The van der Waals surface area contributed by atoms with Crippen LogP contribution in [0.5, 0.6) is 0 Å². The molecule has 1 saturated carbocycles. The molecule has 6 heteroatoms. The van der Waals surface area contributed by atoms with Crippen molar-refractivity contribution in [2.45, 2.75) is 18.9 Å². The monoisotopic (exact) mass is 214 g/mol. The summed E-state index contributed by atoms with van der Waals surface area (Å²) >= 11 is 0. The van der Waals surface area contributed by atoms with Gasteiger partial charge in [0.15, 0.2) is 23.3 Å². The van der Waals surface area contributed by atoms with Crippen LogP contribution in [0.1, 0.15) is 12.8 Å². The third-order valence-electron chi connectivity index (χ3n) is 2.48. The quantitative estimate of drug-likeness (QED) is 0.587. The van der Waals surface area contributed by atoms with Crippen molar-refractivity contribution in [1.29, 1.82) is 0 Å². The van der Waals surface area contributed by atoms with Crippen LogP contribution in [-0.4, -0.2) is 18.1 Å². The number of pyridine rings is 1. The largest absolute Gasteiger partial charge is 0.354 e. The lowest BCUT2D eigenvalue weighted by molar-refractivity contribution is 0.572. The smallest absolute Gasteiger partial charge is 0.178 e. The first-order chi connectivity index (χ1) is 7.13. The predicted octanol–water partition coefficient (Wildman–Crippen LogP) is 1.24. The van der Waals surface area contributed by atoms with Gasteiger partial charge < -0.3 is 10.3 Å². The highest BCUT2D eigenvalue weighted by atomic mass is 19.1. The van der Waals surface area contributed by atoms with E-state index in [4.69, 9.17) is 5.84 Å². The number of hydrogen-bond acceptors (Lipinski definition) is 4. The van der Waals surface area contributed by atoms with Gasteiger partial charge in [-0.3, -0.25) is 0 Å². The summed E-state index contributed by atoms with van der Waals surface area (Å²) in [7, 11) is 1.74. The summed E-state index contributed by atoms with van der Waals surface area (Å²) in [6.45, 7) is 0. The van der Waals surface area contributed by atoms with Crippen molar-refractivity contribution in [2.24, 2.45) is 5.84 Å². The Labute approximate surface area is 86.1 Å². The lowest BCUT2D eigenvalue weighted by Crippen LogP contribution is -2.23. The van der Waals surface area contributed by atoms with E-state index in [1.54, 1.807) is 11.9 Å². The van der Waals surface area contributed by atoms with Gasteiger partial charge in [-0.15, -0.1) is 0 Å². The van der Waals surface area contributed by atoms with Gasteiger partial charge in [0, 0.05) is 19.2 Å². The molecule has 4 nitrogen and oxygen atoms in total. The number of nitrogens with two attached hydrogens (primary N) is 1. The minimum atomic E-state index is -0.789. The Hall–Kier alpha value is -1.43. The molecule has 82 valence electrons. The molecular formula is C9H12F2N4. The fourth-order valence-electron chi connectivity index (χ4n) is 1.44. The molecule has 0 unspecified atom stereocenters. The van der Waals surface area contributed by atoms with Crippen LogP contribution in [-0.2, 0) is 0 Å². The molecule has 1 aliphatic rings. The number of halogens is 2. The summed E-state index contributed by atoms with van der Waals surface area (Å²) in [5, 5.41) is 0. The first kappa shape index (κ1) is 10.1. The number of nitrogens with one attached hydrogen (secondary N) is 1. The molecule has 0 radical (unpaired) electrons. The van der Waals surface area contributed by atoms with E-state index in [1.807, 2.05) is 0 Å². The number of anilines is 2. The highest BCUT2D eigenvalue weighted by Gasteiger charge is 2.29. The standard InChI is InChI=1S/C9H12F2N4/c1-15(5-2-3-5)9-7(11)4-6(10)8(13-9)14-12/h4-5H,2-3,12H2,1H3,(H,13,14). The topological polar surface area (TPSA) is 54.2 Å². The fraction of sp³-hybridized carbons (Fsp3) is 0.444. The maximum Gasteiger partial charge on any atom is 0.178 e. The Balaban J connectivity index is 2.36. The van der Waals surface area contributed by atoms with Crippen LogP contribution in [0.2, 0.25) is 0 Å². The van der Waals surface area contributed by atoms with Crippen molar-refractivity contribution in [3.05, 3.63) is 17.7 Å². The molecule has 3 N–H and O–H groups in total. The second-order valence-corrected chi connectivity index (χ2v) is 3.61. The highest BCUT2D eigenvalue weighted by molar-refractivity contribution is 5.49. The van der Waals surface area contributed by atoms with Gasteiger partial charge in [-0.05, 0) is 12.8 Å². The molecule has 1 aromatic rings. The van der Waals surface area contributed by atoms with Gasteiger partial charge in [0.1, 0.15) is 0 Å². The van der Waals surface area contributed by atoms with Crippen LogP contribution in [0.4, 0.5) is 20.4 Å². The van der Waals surface area contributed by atoms with E-state index in [0.717, 1.165) is 18.9 Å². The highest BCUT2D eigenvalue weighted by Crippen LogP contribution is 2.31. The van der Waals surface area contributed by atoms with E-state index in [-0.39, 0.29) is 11.6 Å². The molecule has 1 fully saturated rings. The molecule has 0 aliphatic heterocycles. The Bertz CT molecular complexity index is 379. The molecule has 1 heterocycles. The average molecular weight is 214 g/mol. The van der Waals surface area contributed by atoms with Gasteiger partial charge in [0.25, 0.3) is 0 Å². The van der Waals surface area contributed by atoms with Crippen molar-refractivity contribution in [2.75, 3.05) is 17.4 Å². The molecule has 2 rings (SSSR count). The summed E-state index contributed by atoms with van der Waals surface area (Å²) in [5.74, 6) is 3.60. The van der Waals surface area contributed by atoms with Gasteiger partial charge in [-0.25, -0.2) is 19.6 Å². The second kappa shape index (κ2) is 3.62. The number of nitrogen functional groups attached to an aromatic ring is 1. The molecule has 0 saturated heterocycles. The Morgan fingerprint density at radius 1 is 1.47 bits per heavy atom. The van der Waals surface area contributed by atoms with Crippen molar-refractivity contribution >= 4 is 11.6 Å². The van der Waals surface area contributed by atoms with Gasteiger partial charge in [-0.1, -0.05) is 0 Å². The molecule has 15 heavy (non-hydrogen) atoms. The van der Waals surface area contributed by atoms with Crippen molar-refractivity contribution in [3.63, 3.8) is 0 Å². The van der Waals surface area contributed by atoms with Crippen molar-refractivity contribution < 1.29 is 8.78 Å². The zero-order chi connectivity index (χ0) is 11.0. The van der Waals surface area contributed by atoms with Crippen LogP contribution >= 0.6 is 0 Å². The van der Waals surface area contributed by atoms with Gasteiger partial charge in [0.2, 0.25) is 0 Å². The number of rotatable bonds is 3. The summed E-state index contributed by atoms with van der Waals surface area (Å²) in [6.07, 6.45) is 2.03.